The zero-order valence-electron chi connectivity index (χ0n) is 17.0. The van der Waals surface area contributed by atoms with Gasteiger partial charge in [0.2, 0.25) is 0 Å². The predicted molar refractivity (Wildman–Crippen MR) is 128 cm³/mol. The first kappa shape index (κ1) is 22.2. The minimum Gasteiger partial charge on any atom is -0.0721 e. The van der Waals surface area contributed by atoms with Crippen LogP contribution >= 0.6 is 0 Å². The first-order valence-electron chi connectivity index (χ1n) is 8.50. The summed E-state index contributed by atoms with van der Waals surface area (Å²) in [6.07, 6.45) is -2.07. The summed E-state index contributed by atoms with van der Waals surface area (Å²) in [6, 6.07) is 0. The van der Waals surface area contributed by atoms with E-state index in [-0.39, 0.29) is 0 Å². The van der Waals surface area contributed by atoms with E-state index >= 15 is 0 Å². The third-order valence-corrected chi connectivity index (χ3v) is 213. The molecule has 1 aliphatic heterocycles. The van der Waals surface area contributed by atoms with Gasteiger partial charge in [-0.3, -0.25) is 0 Å². The van der Waals surface area contributed by atoms with Crippen molar-refractivity contribution in [3.63, 3.8) is 0 Å². The first-order chi connectivity index (χ1) is 9.46. The molecule has 22 heavy (non-hydrogen) atoms. The van der Waals surface area contributed by atoms with Gasteiger partial charge in [0.25, 0.3) is 0 Å². The molecule has 124 valence electrons. The van der Waals surface area contributed by atoms with Crippen LogP contribution in [-0.4, -0.2) is 76.9 Å². The van der Waals surface area contributed by atoms with Gasteiger partial charge < -0.3 is 0 Å². The Balaban J connectivity index is 3.92. The second-order valence-electron chi connectivity index (χ2n) is 11.0. The van der Waals surface area contributed by atoms with E-state index in [2.05, 4.69) is 78.6 Å². The van der Waals surface area contributed by atoms with Crippen LogP contribution in [0.15, 0.2) is 0 Å². The Kier molecular flexibility index (Phi) is 6.46. The van der Waals surface area contributed by atoms with Crippen LogP contribution in [0.25, 0.3) is 0 Å². The average molecular weight is 461 g/mol. The van der Waals surface area contributed by atoms with E-state index in [1.165, 1.54) is 34.2 Å². The fraction of sp³-hybridized carbons (Fsp3) is 1.00. The molecule has 0 aromatic heterocycles. The summed E-state index contributed by atoms with van der Waals surface area (Å²) in [7, 11) is 1.68. The van der Waals surface area contributed by atoms with Crippen molar-refractivity contribution in [2.24, 2.45) is 0 Å². The van der Waals surface area contributed by atoms with Crippen LogP contribution in [-0.2, 0) is 0 Å². The monoisotopic (exact) mass is 460 g/mol. The normalized spacial score (nSPS) is 23.5. The molecular weight excluding hydrogens is 425 g/mol. The maximum absolute atomic E-state index is 2.84. The van der Waals surface area contributed by atoms with E-state index < -0.39 is 42.7 Å². The lowest BCUT2D eigenvalue weighted by molar-refractivity contribution is 1.77. The lowest BCUT2D eigenvalue weighted by atomic mass is 11.8. The van der Waals surface area contributed by atoms with Gasteiger partial charge in [-0.1, -0.05) is 78.6 Å². The van der Waals surface area contributed by atoms with Gasteiger partial charge in [0.1, 0.15) is 0 Å². The third kappa shape index (κ3) is 3.15. The Morgan fingerprint density at radius 1 is 0.409 bits per heavy atom. The van der Waals surface area contributed by atoms with Crippen molar-refractivity contribution in [3.05, 3.63) is 0 Å². The average Bonchev–Trinajstić information content (AvgIpc) is 2.22. The zero-order chi connectivity index (χ0) is 17.8. The molecule has 10 heteroatoms. The molecule has 0 saturated carbocycles. The van der Waals surface area contributed by atoms with Crippen molar-refractivity contribution in [2.75, 3.05) is 0 Å². The largest absolute Gasteiger partial charge is 0.0721 e. The van der Waals surface area contributed by atoms with E-state index in [1.54, 1.807) is 0 Å². The summed E-state index contributed by atoms with van der Waals surface area (Å²) >= 11 is 0. The van der Waals surface area contributed by atoms with Crippen molar-refractivity contribution < 1.29 is 0 Å². The number of rotatable bonds is 4. The van der Waals surface area contributed by atoms with E-state index in [1.807, 2.05) is 0 Å². The minimum atomic E-state index is -1.04. The van der Waals surface area contributed by atoms with Crippen LogP contribution < -0.4 is 0 Å². The SMILES string of the molecule is C[Si](C)(C)[Si]1([Si](C)(C)C)[Si][Si][Si][Si][Si]1([Si](C)(C)C)[Si](C)(C)C. The van der Waals surface area contributed by atoms with Gasteiger partial charge in [0.15, 0.2) is 0 Å². The molecule has 0 aliphatic carbocycles. The fourth-order valence-corrected chi connectivity index (χ4v) is 410. The topological polar surface area (TPSA) is 0 Å². The molecule has 0 atom stereocenters. The highest BCUT2D eigenvalue weighted by Gasteiger charge is 2.73. The summed E-state index contributed by atoms with van der Waals surface area (Å²) in [6.45, 7) is 34.1. The quantitative estimate of drug-likeness (QED) is 0.565. The molecule has 0 aromatic carbocycles. The smallest absolute Gasteiger partial charge is 0.0297 e. The Morgan fingerprint density at radius 2 is 0.591 bits per heavy atom. The van der Waals surface area contributed by atoms with Crippen molar-refractivity contribution in [2.45, 2.75) is 78.6 Å². The highest BCUT2D eigenvalue weighted by Crippen LogP contribution is 2.45. The Hall–Kier alpha value is 2.17. The molecular formula is C12H36Si10. The van der Waals surface area contributed by atoms with Gasteiger partial charge >= 0.3 is 0 Å². The second-order valence-corrected chi connectivity index (χ2v) is 99.0. The summed E-state index contributed by atoms with van der Waals surface area (Å²) < 4.78 is 0. The predicted octanol–water partition coefficient (Wildman–Crippen LogP) is 3.20. The second kappa shape index (κ2) is 6.40. The van der Waals surface area contributed by atoms with Gasteiger partial charge in [-0.2, -0.15) is 0 Å². The van der Waals surface area contributed by atoms with Crippen LogP contribution in [0.5, 0.6) is 0 Å². The summed E-state index contributed by atoms with van der Waals surface area (Å²) in [4.78, 5) is 0. The molecule has 0 nitrogen and oxygen atoms in total. The molecule has 8 radical (unpaired) electrons. The molecule has 0 N–H and O–H groups in total. The van der Waals surface area contributed by atoms with Gasteiger partial charge in [-0.05, 0) is 0 Å². The van der Waals surface area contributed by atoms with E-state index in [9.17, 15) is 0 Å². The van der Waals surface area contributed by atoms with Crippen molar-refractivity contribution in [1.82, 2.24) is 0 Å². The number of hydrogen-bond acceptors (Lipinski definition) is 0. The van der Waals surface area contributed by atoms with Crippen molar-refractivity contribution >= 4 is 76.9 Å². The maximum atomic E-state index is 2.84. The summed E-state index contributed by atoms with van der Waals surface area (Å²) in [5, 5.41) is 0. The van der Waals surface area contributed by atoms with Crippen LogP contribution in [0.4, 0.5) is 0 Å². The van der Waals surface area contributed by atoms with Crippen LogP contribution in [0.3, 0.4) is 0 Å². The lowest BCUT2D eigenvalue weighted by Crippen LogP contribution is -3.03. The van der Waals surface area contributed by atoms with Crippen molar-refractivity contribution in [1.29, 1.82) is 0 Å². The Bertz CT molecular complexity index is 338. The standard InChI is InChI=1S/C12H36Si10/c1-17(2,3)21(18(4,5)6)15-13-14-16-22(21,19(7,8)9)20(10,11)12/h1-12H3. The van der Waals surface area contributed by atoms with Crippen LogP contribution in [0, 0.1) is 0 Å². The van der Waals surface area contributed by atoms with Crippen LogP contribution in [0.2, 0.25) is 78.6 Å². The first-order valence-corrected chi connectivity index (χ1v) is 40.5. The maximum Gasteiger partial charge on any atom is 0.0297 e. The van der Waals surface area contributed by atoms with Gasteiger partial charge in [0, 0.05) is 76.9 Å². The molecule has 1 rings (SSSR count). The molecule has 1 heterocycles. The third-order valence-electron chi connectivity index (χ3n) is 5.62. The zero-order valence-corrected chi connectivity index (χ0v) is 27.0. The Morgan fingerprint density at radius 3 is 0.727 bits per heavy atom. The lowest BCUT2D eigenvalue weighted by Gasteiger charge is -2.70. The molecule has 0 unspecified atom stereocenters. The minimum absolute atomic E-state index is 1.03. The fourth-order valence-electron chi connectivity index (χ4n) is 5.69. The molecule has 0 amide bonds. The molecule has 1 aliphatic rings. The van der Waals surface area contributed by atoms with Gasteiger partial charge in [-0.25, -0.2) is 0 Å². The van der Waals surface area contributed by atoms with Crippen molar-refractivity contribution in [3.8, 4) is 0 Å². The molecule has 0 bridgehead atoms. The summed E-state index contributed by atoms with van der Waals surface area (Å²) in [5.74, 6) is 0. The number of hydrogen-bond donors (Lipinski definition) is 0. The summed E-state index contributed by atoms with van der Waals surface area (Å²) in [5.41, 5.74) is 0. The highest BCUT2D eigenvalue weighted by atomic mass is 30.5. The molecule has 1 saturated heterocycles. The molecule has 0 spiro atoms. The van der Waals surface area contributed by atoms with E-state index in [0.717, 1.165) is 0 Å². The molecule has 1 fully saturated rings. The van der Waals surface area contributed by atoms with Crippen LogP contribution in [0.1, 0.15) is 0 Å². The van der Waals surface area contributed by atoms with E-state index in [4.69, 9.17) is 0 Å². The highest BCUT2D eigenvalue weighted by molar-refractivity contribution is 8.30. The van der Waals surface area contributed by atoms with Gasteiger partial charge in [-0.15, -0.1) is 0 Å². The van der Waals surface area contributed by atoms with Gasteiger partial charge in [0.05, 0.1) is 0 Å². The molecule has 0 aromatic rings. The van der Waals surface area contributed by atoms with E-state index in [0.29, 0.717) is 0 Å². The Labute approximate surface area is 154 Å².